The highest BCUT2D eigenvalue weighted by molar-refractivity contribution is 7.99. The van der Waals surface area contributed by atoms with Gasteiger partial charge in [-0.15, -0.1) is 0 Å². The van der Waals surface area contributed by atoms with Crippen LogP contribution >= 0.6 is 11.8 Å². The molecule has 0 fully saturated rings. The van der Waals surface area contributed by atoms with Gasteiger partial charge in [0.25, 0.3) is 0 Å². The number of carbonyl (C=O) groups is 1. The van der Waals surface area contributed by atoms with Crippen molar-refractivity contribution in [3.8, 4) is 0 Å². The van der Waals surface area contributed by atoms with Crippen LogP contribution in [0, 0.1) is 0 Å². The van der Waals surface area contributed by atoms with Crippen LogP contribution < -0.4 is 11.5 Å². The van der Waals surface area contributed by atoms with Crippen LogP contribution in [-0.2, 0) is 4.79 Å². The van der Waals surface area contributed by atoms with E-state index in [-0.39, 0.29) is 0 Å². The van der Waals surface area contributed by atoms with Gasteiger partial charge in [-0.05, 0) is 0 Å². The Hall–Kier alpha value is -1.08. The second kappa shape index (κ2) is 4.07. The Morgan fingerprint density at radius 2 is 2.58 bits per heavy atom. The summed E-state index contributed by atoms with van der Waals surface area (Å²) in [7, 11) is 0. The molecule has 0 radical (unpaired) electrons. The molecule has 66 valence electrons. The van der Waals surface area contributed by atoms with Crippen molar-refractivity contribution in [3.63, 3.8) is 0 Å². The third-order valence-corrected chi connectivity index (χ3v) is 2.15. The molecule has 0 spiro atoms. The first-order valence-corrected chi connectivity index (χ1v) is 4.22. The van der Waals surface area contributed by atoms with Crippen LogP contribution in [0.15, 0.2) is 11.5 Å². The summed E-state index contributed by atoms with van der Waals surface area (Å²) in [4.78, 5) is 14.3. The van der Waals surface area contributed by atoms with Crippen molar-refractivity contribution in [2.24, 2.45) is 11.5 Å². The fourth-order valence-electron chi connectivity index (χ4n) is 0.515. The number of amides is 1. The lowest BCUT2D eigenvalue weighted by molar-refractivity contribution is -0.118. The maximum Gasteiger partial charge on any atom is 0.235 e. The largest absolute Gasteiger partial charge is 0.368 e. The Bertz CT molecular complexity index is 248. The van der Waals surface area contributed by atoms with Crippen molar-refractivity contribution in [2.45, 2.75) is 11.2 Å². The minimum absolute atomic E-state index is 0.407. The number of nitrogens with one attached hydrogen (secondary N) is 1. The number of aromatic nitrogens is 3. The maximum atomic E-state index is 10.5. The quantitative estimate of drug-likeness (QED) is 0.508. The van der Waals surface area contributed by atoms with Crippen molar-refractivity contribution >= 4 is 17.7 Å². The Morgan fingerprint density at radius 3 is 3.08 bits per heavy atom. The molecule has 0 aliphatic rings. The summed E-state index contributed by atoms with van der Waals surface area (Å²) in [6.07, 6.45) is 1.39. The van der Waals surface area contributed by atoms with E-state index in [1.807, 2.05) is 0 Å². The first-order chi connectivity index (χ1) is 5.70. The lowest BCUT2D eigenvalue weighted by atomic mass is 10.3. The summed E-state index contributed by atoms with van der Waals surface area (Å²) in [6.45, 7) is 0. The van der Waals surface area contributed by atoms with Crippen LogP contribution in [-0.4, -0.2) is 32.9 Å². The second-order valence-corrected chi connectivity index (χ2v) is 3.12. The summed E-state index contributed by atoms with van der Waals surface area (Å²) in [5.74, 6) is -0.105. The van der Waals surface area contributed by atoms with Gasteiger partial charge in [0.1, 0.15) is 6.33 Å². The lowest BCUT2D eigenvalue weighted by Gasteiger charge is -2.03. The molecule has 1 aromatic heterocycles. The highest BCUT2D eigenvalue weighted by Crippen LogP contribution is 2.10. The van der Waals surface area contributed by atoms with Crippen LogP contribution in [0.1, 0.15) is 0 Å². The summed E-state index contributed by atoms with van der Waals surface area (Å²) in [5, 5.41) is 6.89. The topological polar surface area (TPSA) is 111 Å². The number of hydrogen-bond acceptors (Lipinski definition) is 5. The molecule has 0 bridgehead atoms. The smallest absolute Gasteiger partial charge is 0.235 e. The van der Waals surface area contributed by atoms with Gasteiger partial charge in [-0.1, -0.05) is 11.8 Å². The van der Waals surface area contributed by atoms with Crippen LogP contribution in [0.25, 0.3) is 0 Å². The number of rotatable bonds is 4. The molecular weight excluding hydrogens is 178 g/mol. The molecule has 1 unspecified atom stereocenters. The number of H-pyrrole nitrogens is 1. The van der Waals surface area contributed by atoms with E-state index in [0.29, 0.717) is 10.9 Å². The fraction of sp³-hybridized carbons (Fsp3) is 0.400. The van der Waals surface area contributed by atoms with Crippen LogP contribution in [0.3, 0.4) is 0 Å². The monoisotopic (exact) mass is 187 g/mol. The molecule has 0 aliphatic heterocycles. The average Bonchev–Trinajstić information content (AvgIpc) is 2.51. The minimum atomic E-state index is -0.639. The normalized spacial score (nSPS) is 12.8. The van der Waals surface area contributed by atoms with Crippen LogP contribution in [0.2, 0.25) is 0 Å². The molecule has 12 heavy (non-hydrogen) atoms. The Kier molecular flexibility index (Phi) is 3.06. The number of nitrogens with two attached hydrogens (primary N) is 2. The first kappa shape index (κ1) is 9.01. The van der Waals surface area contributed by atoms with Gasteiger partial charge in [-0.3, -0.25) is 9.89 Å². The van der Waals surface area contributed by atoms with Gasteiger partial charge in [0, 0.05) is 5.75 Å². The molecule has 5 N–H and O–H groups in total. The van der Waals surface area contributed by atoms with E-state index in [1.54, 1.807) is 0 Å². The number of primary amides is 1. The van der Waals surface area contributed by atoms with E-state index in [2.05, 4.69) is 15.2 Å². The number of nitrogens with zero attached hydrogens (tertiary/aromatic N) is 2. The van der Waals surface area contributed by atoms with Crippen LogP contribution in [0.5, 0.6) is 0 Å². The van der Waals surface area contributed by atoms with Gasteiger partial charge in [0.15, 0.2) is 5.16 Å². The highest BCUT2D eigenvalue weighted by Gasteiger charge is 2.09. The third-order valence-electron chi connectivity index (χ3n) is 1.16. The molecule has 0 aliphatic carbocycles. The highest BCUT2D eigenvalue weighted by atomic mass is 32.2. The van der Waals surface area contributed by atoms with Gasteiger partial charge in [-0.25, -0.2) is 4.98 Å². The van der Waals surface area contributed by atoms with Gasteiger partial charge in [0.05, 0.1) is 6.04 Å². The molecule has 0 saturated heterocycles. The number of aromatic amines is 1. The second-order valence-electron chi connectivity index (χ2n) is 2.11. The predicted octanol–water partition coefficient (Wildman–Crippen LogP) is -1.29. The van der Waals surface area contributed by atoms with Crippen LogP contribution in [0.4, 0.5) is 0 Å². The molecule has 1 heterocycles. The Morgan fingerprint density at radius 1 is 1.83 bits per heavy atom. The summed E-state index contributed by atoms with van der Waals surface area (Å²) >= 11 is 1.31. The molecule has 1 rings (SSSR count). The standard InChI is InChI=1S/C5H9N5OS/c6-3(4(7)11)1-12-5-8-2-9-10-5/h2-3H,1,6H2,(H2,7,11)(H,8,9,10). The number of hydrogen-bond donors (Lipinski definition) is 3. The van der Waals surface area contributed by atoms with Crippen molar-refractivity contribution < 1.29 is 4.79 Å². The van der Waals surface area contributed by atoms with E-state index in [9.17, 15) is 4.79 Å². The zero-order valence-corrected chi connectivity index (χ0v) is 7.04. The molecule has 0 aromatic carbocycles. The molecule has 7 heteroatoms. The number of thioether (sulfide) groups is 1. The lowest BCUT2D eigenvalue weighted by Crippen LogP contribution is -2.38. The summed E-state index contributed by atoms with van der Waals surface area (Å²) < 4.78 is 0. The Labute approximate surface area is 73.1 Å². The van der Waals surface area contributed by atoms with E-state index < -0.39 is 11.9 Å². The third kappa shape index (κ3) is 2.51. The average molecular weight is 187 g/mol. The molecule has 1 atom stereocenters. The molecule has 0 saturated carbocycles. The fourth-order valence-corrected chi connectivity index (χ4v) is 1.26. The molecule has 1 aromatic rings. The predicted molar refractivity (Wildman–Crippen MR) is 44.3 cm³/mol. The van der Waals surface area contributed by atoms with E-state index in [1.165, 1.54) is 18.1 Å². The van der Waals surface area contributed by atoms with Crippen molar-refractivity contribution in [2.75, 3.05) is 5.75 Å². The summed E-state index contributed by atoms with van der Waals surface area (Å²) in [6, 6.07) is -0.639. The van der Waals surface area contributed by atoms with E-state index >= 15 is 0 Å². The van der Waals surface area contributed by atoms with Gasteiger partial charge < -0.3 is 11.5 Å². The zero-order valence-electron chi connectivity index (χ0n) is 6.23. The molecule has 1 amide bonds. The van der Waals surface area contributed by atoms with E-state index in [0.717, 1.165) is 0 Å². The van der Waals surface area contributed by atoms with Gasteiger partial charge >= 0.3 is 0 Å². The first-order valence-electron chi connectivity index (χ1n) is 3.23. The summed E-state index contributed by atoms with van der Waals surface area (Å²) in [5.41, 5.74) is 10.3. The number of carbonyl (C=O) groups excluding carboxylic acids is 1. The van der Waals surface area contributed by atoms with Crippen molar-refractivity contribution in [1.82, 2.24) is 15.2 Å². The SMILES string of the molecule is NC(=O)C(N)CSc1ncn[nH]1. The minimum Gasteiger partial charge on any atom is -0.368 e. The maximum absolute atomic E-state index is 10.5. The Balaban J connectivity index is 2.31. The molecule has 6 nitrogen and oxygen atoms in total. The zero-order chi connectivity index (χ0) is 8.97. The van der Waals surface area contributed by atoms with E-state index in [4.69, 9.17) is 11.5 Å². The van der Waals surface area contributed by atoms with Crippen molar-refractivity contribution in [3.05, 3.63) is 6.33 Å². The molecular formula is C5H9N5OS. The van der Waals surface area contributed by atoms with Gasteiger partial charge in [-0.2, -0.15) is 5.10 Å². The van der Waals surface area contributed by atoms with Crippen molar-refractivity contribution in [1.29, 1.82) is 0 Å². The van der Waals surface area contributed by atoms with Gasteiger partial charge in [0.2, 0.25) is 5.91 Å².